The number of ether oxygens (including phenoxy) is 1. The van der Waals surface area contributed by atoms with Crippen molar-refractivity contribution in [2.75, 3.05) is 18.9 Å². The van der Waals surface area contributed by atoms with Crippen molar-refractivity contribution in [3.63, 3.8) is 0 Å². The van der Waals surface area contributed by atoms with Crippen LogP contribution in [0.5, 0.6) is 5.75 Å². The number of carbonyl (C=O) groups excluding carboxylic acids is 2. The van der Waals surface area contributed by atoms with Gasteiger partial charge in [-0.05, 0) is 24.3 Å². The van der Waals surface area contributed by atoms with Gasteiger partial charge in [0.1, 0.15) is 5.75 Å². The summed E-state index contributed by atoms with van der Waals surface area (Å²) in [5.41, 5.74) is -0.327. The van der Waals surface area contributed by atoms with E-state index in [0.29, 0.717) is 40.1 Å². The van der Waals surface area contributed by atoms with Gasteiger partial charge < -0.3 is 10.1 Å². The molecule has 0 radical (unpaired) electrons. The Morgan fingerprint density at radius 1 is 1.19 bits per heavy atom. The van der Waals surface area contributed by atoms with E-state index < -0.39 is 5.54 Å². The van der Waals surface area contributed by atoms with Gasteiger partial charge in [0.2, 0.25) is 0 Å². The number of thioether (sulfide) groups is 1. The van der Waals surface area contributed by atoms with Crippen molar-refractivity contribution in [2.45, 2.75) is 16.9 Å². The van der Waals surface area contributed by atoms with Crippen molar-refractivity contribution in [3.05, 3.63) is 58.1 Å². The quantitative estimate of drug-likeness (QED) is 0.588. The monoisotopic (exact) mass is 422 g/mol. The van der Waals surface area contributed by atoms with Crippen LogP contribution in [0.1, 0.15) is 12.0 Å². The SMILES string of the molecule is O=C1N[C@@]2(CCOc3ccccc32)C(=O)N1CCSc1cc(Cl)ccc1Cl. The Bertz CT molecular complexity index is 924. The number of hydrogen-bond acceptors (Lipinski definition) is 4. The van der Waals surface area contributed by atoms with Gasteiger partial charge in [0, 0.05) is 34.2 Å². The zero-order valence-corrected chi connectivity index (χ0v) is 16.5. The fourth-order valence-corrected chi connectivity index (χ4v) is 4.84. The number of nitrogens with one attached hydrogen (secondary N) is 1. The van der Waals surface area contributed by atoms with Gasteiger partial charge >= 0.3 is 6.03 Å². The van der Waals surface area contributed by atoms with Crippen LogP contribution in [0.3, 0.4) is 0 Å². The van der Waals surface area contributed by atoms with Crippen LogP contribution in [0.2, 0.25) is 10.0 Å². The predicted molar refractivity (Wildman–Crippen MR) is 106 cm³/mol. The molecule has 2 aliphatic heterocycles. The maximum atomic E-state index is 13.1. The van der Waals surface area contributed by atoms with Gasteiger partial charge in [-0.25, -0.2) is 4.79 Å². The molecule has 1 N–H and O–H groups in total. The molecule has 8 heteroatoms. The number of rotatable bonds is 4. The molecular weight excluding hydrogens is 407 g/mol. The van der Waals surface area contributed by atoms with Crippen molar-refractivity contribution in [1.29, 1.82) is 0 Å². The number of amides is 3. The van der Waals surface area contributed by atoms with Gasteiger partial charge in [-0.2, -0.15) is 0 Å². The zero-order valence-electron chi connectivity index (χ0n) is 14.2. The molecule has 2 aromatic carbocycles. The highest BCUT2D eigenvalue weighted by atomic mass is 35.5. The maximum Gasteiger partial charge on any atom is 0.325 e. The van der Waals surface area contributed by atoms with Crippen molar-refractivity contribution >= 4 is 46.9 Å². The standard InChI is InChI=1S/C19H16Cl2N2O3S/c20-12-5-6-14(21)16(11-12)27-10-8-23-17(24)19(22-18(23)25)7-9-26-15-4-2-1-3-13(15)19/h1-6,11H,7-10H2,(H,22,25)/t19-/m1/s1. The summed E-state index contributed by atoms with van der Waals surface area (Å²) in [6.07, 6.45) is 0.415. The number of para-hydroxylation sites is 1. The summed E-state index contributed by atoms with van der Waals surface area (Å²) in [4.78, 5) is 27.8. The van der Waals surface area contributed by atoms with Crippen LogP contribution in [0, 0.1) is 0 Å². The third-order valence-corrected chi connectivity index (χ3v) is 6.44. The lowest BCUT2D eigenvalue weighted by molar-refractivity contribution is -0.132. The van der Waals surface area contributed by atoms with E-state index in [1.54, 1.807) is 18.2 Å². The smallest absolute Gasteiger partial charge is 0.325 e. The van der Waals surface area contributed by atoms with E-state index in [0.717, 1.165) is 4.90 Å². The molecule has 0 unspecified atom stereocenters. The van der Waals surface area contributed by atoms with E-state index in [-0.39, 0.29) is 18.5 Å². The fourth-order valence-electron chi connectivity index (χ4n) is 3.41. The molecule has 5 nitrogen and oxygen atoms in total. The maximum absolute atomic E-state index is 13.1. The average Bonchev–Trinajstić information content (AvgIpc) is 2.89. The van der Waals surface area contributed by atoms with E-state index in [4.69, 9.17) is 27.9 Å². The highest BCUT2D eigenvalue weighted by Crippen LogP contribution is 2.41. The van der Waals surface area contributed by atoms with Gasteiger partial charge in [0.15, 0.2) is 5.54 Å². The van der Waals surface area contributed by atoms with Crippen LogP contribution in [-0.4, -0.2) is 35.7 Å². The van der Waals surface area contributed by atoms with Gasteiger partial charge in [-0.15, -0.1) is 11.8 Å². The van der Waals surface area contributed by atoms with Gasteiger partial charge in [0.05, 0.1) is 11.6 Å². The summed E-state index contributed by atoms with van der Waals surface area (Å²) in [5, 5.41) is 4.08. The molecule has 0 bridgehead atoms. The van der Waals surface area contributed by atoms with Crippen LogP contribution in [0.15, 0.2) is 47.4 Å². The number of hydrogen-bond donors (Lipinski definition) is 1. The number of urea groups is 1. The molecule has 1 fully saturated rings. The molecule has 27 heavy (non-hydrogen) atoms. The zero-order chi connectivity index (χ0) is 19.0. The number of carbonyl (C=O) groups is 2. The molecule has 0 aliphatic carbocycles. The van der Waals surface area contributed by atoms with Crippen LogP contribution in [0.4, 0.5) is 4.79 Å². The lowest BCUT2D eigenvalue weighted by Gasteiger charge is -2.33. The molecule has 1 spiro atoms. The summed E-state index contributed by atoms with van der Waals surface area (Å²) in [5.74, 6) is 0.924. The van der Waals surface area contributed by atoms with Crippen molar-refractivity contribution in [3.8, 4) is 5.75 Å². The highest BCUT2D eigenvalue weighted by molar-refractivity contribution is 7.99. The van der Waals surface area contributed by atoms with Crippen molar-refractivity contribution in [1.82, 2.24) is 10.2 Å². The van der Waals surface area contributed by atoms with Gasteiger partial charge in [-0.3, -0.25) is 9.69 Å². The fraction of sp³-hybridized carbons (Fsp3) is 0.263. The predicted octanol–water partition coefficient (Wildman–Crippen LogP) is 4.32. The minimum absolute atomic E-state index is 0.235. The average molecular weight is 423 g/mol. The number of benzene rings is 2. The van der Waals surface area contributed by atoms with Crippen LogP contribution in [0.25, 0.3) is 0 Å². The van der Waals surface area contributed by atoms with E-state index in [2.05, 4.69) is 5.32 Å². The van der Waals surface area contributed by atoms with E-state index in [1.165, 1.54) is 16.7 Å². The van der Waals surface area contributed by atoms with E-state index in [9.17, 15) is 9.59 Å². The summed E-state index contributed by atoms with van der Waals surface area (Å²) in [6.45, 7) is 0.659. The molecule has 4 rings (SSSR count). The van der Waals surface area contributed by atoms with E-state index >= 15 is 0 Å². The molecule has 2 aliphatic rings. The number of nitrogens with zero attached hydrogens (tertiary/aromatic N) is 1. The number of imide groups is 1. The first-order valence-electron chi connectivity index (χ1n) is 8.45. The molecule has 1 saturated heterocycles. The second-order valence-electron chi connectivity index (χ2n) is 6.31. The Hall–Kier alpha value is -1.89. The first-order chi connectivity index (χ1) is 13.0. The molecule has 140 valence electrons. The van der Waals surface area contributed by atoms with Gasteiger partial charge in [-0.1, -0.05) is 41.4 Å². The van der Waals surface area contributed by atoms with Gasteiger partial charge in [0.25, 0.3) is 5.91 Å². The third-order valence-electron chi connectivity index (χ3n) is 4.72. The first-order valence-corrected chi connectivity index (χ1v) is 10.2. The Morgan fingerprint density at radius 3 is 2.85 bits per heavy atom. The summed E-state index contributed by atoms with van der Waals surface area (Å²) in [6, 6.07) is 12.2. The molecule has 3 amide bonds. The summed E-state index contributed by atoms with van der Waals surface area (Å²) in [7, 11) is 0. The highest BCUT2D eigenvalue weighted by Gasteiger charge is 2.54. The molecule has 2 heterocycles. The minimum atomic E-state index is -1.04. The minimum Gasteiger partial charge on any atom is -0.493 e. The van der Waals surface area contributed by atoms with Crippen LogP contribution in [-0.2, 0) is 10.3 Å². The van der Waals surface area contributed by atoms with Crippen LogP contribution < -0.4 is 10.1 Å². The Morgan fingerprint density at radius 2 is 2.00 bits per heavy atom. The number of fused-ring (bicyclic) bond motifs is 2. The summed E-state index contributed by atoms with van der Waals surface area (Å²) >= 11 is 13.6. The van der Waals surface area contributed by atoms with Crippen LogP contribution >= 0.6 is 35.0 Å². The molecule has 0 saturated carbocycles. The second-order valence-corrected chi connectivity index (χ2v) is 8.29. The normalized spacial score (nSPS) is 21.2. The molecule has 0 aromatic heterocycles. The largest absolute Gasteiger partial charge is 0.493 e. The van der Waals surface area contributed by atoms with Crippen molar-refractivity contribution < 1.29 is 14.3 Å². The number of halogens is 2. The Balaban J connectivity index is 1.50. The lowest BCUT2D eigenvalue weighted by Crippen LogP contribution is -2.47. The second kappa shape index (κ2) is 7.26. The third kappa shape index (κ3) is 3.26. The lowest BCUT2D eigenvalue weighted by atomic mass is 9.84. The summed E-state index contributed by atoms with van der Waals surface area (Å²) < 4.78 is 5.64. The van der Waals surface area contributed by atoms with Crippen molar-refractivity contribution in [2.24, 2.45) is 0 Å². The topological polar surface area (TPSA) is 58.6 Å². The Kier molecular flexibility index (Phi) is 4.97. The molecular formula is C19H16Cl2N2O3S. The molecule has 1 atom stereocenters. The Labute approximate surface area is 171 Å². The van der Waals surface area contributed by atoms with E-state index in [1.807, 2.05) is 24.3 Å². The molecule has 2 aromatic rings. The first kappa shape index (κ1) is 18.5.